The van der Waals surface area contributed by atoms with E-state index in [-0.39, 0.29) is 5.91 Å². The standard InChI is InChI=1S/C24H32N2O4/c1-4-28-21-15-19(16-22(29-5-2)23(21)30-6-3)24(27)25-20-11-9-18(10-12-20)17-26-13-7-8-14-26/h9-12,15-16H,4-8,13-14,17H2,1-3H3,(H,25,27). The zero-order valence-electron chi connectivity index (χ0n) is 18.2. The Morgan fingerprint density at radius 2 is 1.47 bits per heavy atom. The third-order valence-corrected chi connectivity index (χ3v) is 4.99. The number of rotatable bonds is 10. The average Bonchev–Trinajstić information content (AvgIpc) is 3.25. The van der Waals surface area contributed by atoms with Crippen LogP contribution in [0.25, 0.3) is 0 Å². The maximum absolute atomic E-state index is 12.9. The first-order valence-corrected chi connectivity index (χ1v) is 10.8. The van der Waals surface area contributed by atoms with Crippen molar-refractivity contribution in [3.05, 3.63) is 47.5 Å². The summed E-state index contributed by atoms with van der Waals surface area (Å²) < 4.78 is 17.1. The molecule has 0 spiro atoms. The molecule has 1 fully saturated rings. The van der Waals surface area contributed by atoms with Gasteiger partial charge in [0.2, 0.25) is 5.75 Å². The third kappa shape index (κ3) is 5.66. The van der Waals surface area contributed by atoms with E-state index < -0.39 is 0 Å². The molecule has 0 saturated carbocycles. The van der Waals surface area contributed by atoms with Crippen molar-refractivity contribution in [2.45, 2.75) is 40.2 Å². The van der Waals surface area contributed by atoms with Crippen molar-refractivity contribution in [1.29, 1.82) is 0 Å². The molecule has 2 aromatic carbocycles. The van der Waals surface area contributed by atoms with Gasteiger partial charge in [0.1, 0.15) is 0 Å². The molecule has 30 heavy (non-hydrogen) atoms. The topological polar surface area (TPSA) is 60.0 Å². The van der Waals surface area contributed by atoms with Crippen LogP contribution in [-0.4, -0.2) is 43.7 Å². The van der Waals surface area contributed by atoms with E-state index in [4.69, 9.17) is 14.2 Å². The molecule has 0 aromatic heterocycles. The van der Waals surface area contributed by atoms with Gasteiger partial charge in [-0.25, -0.2) is 0 Å². The maximum atomic E-state index is 12.9. The minimum absolute atomic E-state index is 0.216. The fourth-order valence-electron chi connectivity index (χ4n) is 3.62. The van der Waals surface area contributed by atoms with Gasteiger partial charge in [0.05, 0.1) is 19.8 Å². The Bertz CT molecular complexity index is 803. The molecule has 1 saturated heterocycles. The predicted octanol–water partition coefficient (Wildman–Crippen LogP) is 4.73. The van der Waals surface area contributed by atoms with Gasteiger partial charge in [0.15, 0.2) is 11.5 Å². The molecule has 1 aliphatic rings. The minimum atomic E-state index is -0.216. The number of hydrogen-bond donors (Lipinski definition) is 1. The lowest BCUT2D eigenvalue weighted by atomic mass is 10.1. The Balaban J connectivity index is 1.74. The second-order valence-corrected chi connectivity index (χ2v) is 7.23. The zero-order chi connectivity index (χ0) is 21.3. The highest BCUT2D eigenvalue weighted by atomic mass is 16.5. The fraction of sp³-hybridized carbons (Fsp3) is 0.458. The largest absolute Gasteiger partial charge is 0.490 e. The Hall–Kier alpha value is -2.73. The highest BCUT2D eigenvalue weighted by molar-refractivity contribution is 6.05. The van der Waals surface area contributed by atoms with Crippen molar-refractivity contribution >= 4 is 11.6 Å². The first-order chi connectivity index (χ1) is 14.6. The van der Waals surface area contributed by atoms with Crippen molar-refractivity contribution in [3.8, 4) is 17.2 Å². The Kier molecular flexibility index (Phi) is 7.97. The minimum Gasteiger partial charge on any atom is -0.490 e. The van der Waals surface area contributed by atoms with E-state index in [2.05, 4.69) is 22.3 Å². The molecule has 1 N–H and O–H groups in total. The average molecular weight is 413 g/mol. The number of likely N-dealkylation sites (tertiary alicyclic amines) is 1. The molecule has 1 amide bonds. The summed E-state index contributed by atoms with van der Waals surface area (Å²) in [5.41, 5.74) is 2.48. The number of anilines is 1. The number of ether oxygens (including phenoxy) is 3. The molecule has 162 valence electrons. The van der Waals surface area contributed by atoms with Gasteiger partial charge in [0, 0.05) is 17.8 Å². The summed E-state index contributed by atoms with van der Waals surface area (Å²) in [5, 5.41) is 2.96. The summed E-state index contributed by atoms with van der Waals surface area (Å²) in [5.74, 6) is 1.34. The highest BCUT2D eigenvalue weighted by Crippen LogP contribution is 2.39. The SMILES string of the molecule is CCOc1cc(C(=O)Nc2ccc(CN3CCCC3)cc2)cc(OCC)c1OCC. The monoisotopic (exact) mass is 412 g/mol. The first kappa shape index (κ1) is 22.0. The van der Waals surface area contributed by atoms with Crippen LogP contribution in [0.3, 0.4) is 0 Å². The van der Waals surface area contributed by atoms with Crippen LogP contribution >= 0.6 is 0 Å². The van der Waals surface area contributed by atoms with Crippen LogP contribution in [0, 0.1) is 0 Å². The Labute approximate surface area is 179 Å². The molecule has 2 aromatic rings. The second-order valence-electron chi connectivity index (χ2n) is 7.23. The molecular weight excluding hydrogens is 380 g/mol. The lowest BCUT2D eigenvalue weighted by Crippen LogP contribution is -2.18. The van der Waals surface area contributed by atoms with E-state index in [1.54, 1.807) is 12.1 Å². The summed E-state index contributed by atoms with van der Waals surface area (Å²) in [6, 6.07) is 11.4. The van der Waals surface area contributed by atoms with E-state index in [0.717, 1.165) is 12.2 Å². The number of carbonyl (C=O) groups is 1. The van der Waals surface area contributed by atoms with Crippen LogP contribution in [0.4, 0.5) is 5.69 Å². The van der Waals surface area contributed by atoms with Crippen LogP contribution in [0.2, 0.25) is 0 Å². The Morgan fingerprint density at radius 3 is 2.00 bits per heavy atom. The van der Waals surface area contributed by atoms with Crippen LogP contribution in [0.15, 0.2) is 36.4 Å². The molecule has 0 radical (unpaired) electrons. The Morgan fingerprint density at radius 1 is 0.900 bits per heavy atom. The summed E-state index contributed by atoms with van der Waals surface area (Å²) in [6.07, 6.45) is 2.56. The normalized spacial score (nSPS) is 13.8. The number of nitrogens with one attached hydrogen (secondary N) is 1. The van der Waals surface area contributed by atoms with Gasteiger partial charge in [-0.1, -0.05) is 12.1 Å². The van der Waals surface area contributed by atoms with Gasteiger partial charge in [-0.3, -0.25) is 9.69 Å². The van der Waals surface area contributed by atoms with E-state index >= 15 is 0 Å². The fourth-order valence-corrected chi connectivity index (χ4v) is 3.62. The molecule has 0 bridgehead atoms. The van der Waals surface area contributed by atoms with E-state index in [1.165, 1.54) is 31.5 Å². The van der Waals surface area contributed by atoms with Crippen molar-refractivity contribution in [2.75, 3.05) is 38.2 Å². The molecular formula is C24H32N2O4. The van der Waals surface area contributed by atoms with Crippen molar-refractivity contribution in [1.82, 2.24) is 4.90 Å². The predicted molar refractivity (Wildman–Crippen MR) is 119 cm³/mol. The van der Waals surface area contributed by atoms with Gasteiger partial charge in [-0.2, -0.15) is 0 Å². The van der Waals surface area contributed by atoms with E-state index in [1.807, 2.05) is 32.9 Å². The summed E-state index contributed by atoms with van der Waals surface area (Å²) in [6.45, 7) is 10.4. The van der Waals surface area contributed by atoms with Crippen LogP contribution < -0.4 is 19.5 Å². The molecule has 0 unspecified atom stereocenters. The number of benzene rings is 2. The molecule has 6 heteroatoms. The second kappa shape index (κ2) is 10.9. The van der Waals surface area contributed by atoms with Crippen molar-refractivity contribution in [3.63, 3.8) is 0 Å². The van der Waals surface area contributed by atoms with E-state index in [0.29, 0.717) is 42.6 Å². The van der Waals surface area contributed by atoms with Crippen LogP contribution in [-0.2, 0) is 6.54 Å². The van der Waals surface area contributed by atoms with Gasteiger partial charge in [-0.05, 0) is 76.5 Å². The third-order valence-electron chi connectivity index (χ3n) is 4.99. The first-order valence-electron chi connectivity index (χ1n) is 10.8. The van der Waals surface area contributed by atoms with Gasteiger partial charge in [-0.15, -0.1) is 0 Å². The maximum Gasteiger partial charge on any atom is 0.255 e. The van der Waals surface area contributed by atoms with Crippen molar-refractivity contribution in [2.24, 2.45) is 0 Å². The smallest absolute Gasteiger partial charge is 0.255 e. The molecule has 0 aliphatic carbocycles. The lowest BCUT2D eigenvalue weighted by Gasteiger charge is -2.17. The van der Waals surface area contributed by atoms with Crippen LogP contribution in [0.1, 0.15) is 49.5 Å². The summed E-state index contributed by atoms with van der Waals surface area (Å²) >= 11 is 0. The number of hydrogen-bond acceptors (Lipinski definition) is 5. The lowest BCUT2D eigenvalue weighted by molar-refractivity contribution is 0.102. The molecule has 0 atom stereocenters. The van der Waals surface area contributed by atoms with Gasteiger partial charge in [0.25, 0.3) is 5.91 Å². The molecule has 6 nitrogen and oxygen atoms in total. The quantitative estimate of drug-likeness (QED) is 0.611. The highest BCUT2D eigenvalue weighted by Gasteiger charge is 2.18. The molecule has 1 heterocycles. The van der Waals surface area contributed by atoms with Gasteiger partial charge < -0.3 is 19.5 Å². The van der Waals surface area contributed by atoms with Gasteiger partial charge >= 0.3 is 0 Å². The number of amides is 1. The van der Waals surface area contributed by atoms with Crippen molar-refractivity contribution < 1.29 is 19.0 Å². The number of carbonyl (C=O) groups excluding carboxylic acids is 1. The molecule has 3 rings (SSSR count). The summed E-state index contributed by atoms with van der Waals surface area (Å²) in [4.78, 5) is 15.3. The summed E-state index contributed by atoms with van der Waals surface area (Å²) in [7, 11) is 0. The number of nitrogens with zero attached hydrogens (tertiary/aromatic N) is 1. The van der Waals surface area contributed by atoms with Crippen LogP contribution in [0.5, 0.6) is 17.2 Å². The zero-order valence-corrected chi connectivity index (χ0v) is 18.2. The van der Waals surface area contributed by atoms with E-state index in [9.17, 15) is 4.79 Å². The molecule has 1 aliphatic heterocycles.